The average Bonchev–Trinajstić information content (AvgIpc) is 2.86. The molecule has 20 heavy (non-hydrogen) atoms. The molecule has 0 amide bonds. The second kappa shape index (κ2) is 5.21. The first-order valence-corrected chi connectivity index (χ1v) is 6.51. The Hall–Kier alpha value is -2.55. The van der Waals surface area contributed by atoms with E-state index in [1.807, 2.05) is 54.6 Å². The van der Waals surface area contributed by atoms with Crippen molar-refractivity contribution >= 4 is 17.4 Å². The molecule has 2 aromatic carbocycles. The minimum absolute atomic E-state index is 0.278. The number of rotatable bonds is 3. The molecule has 3 heteroatoms. The largest absolute Gasteiger partial charge is 0.466 e. The van der Waals surface area contributed by atoms with Gasteiger partial charge >= 0.3 is 5.97 Å². The Morgan fingerprint density at radius 3 is 2.50 bits per heavy atom. The molecule has 0 heterocycles. The van der Waals surface area contributed by atoms with Crippen molar-refractivity contribution in [2.45, 2.75) is 6.42 Å². The van der Waals surface area contributed by atoms with E-state index >= 15 is 0 Å². The third-order valence-corrected chi connectivity index (χ3v) is 3.43. The van der Waals surface area contributed by atoms with Crippen LogP contribution in [0.4, 0.5) is 5.69 Å². The second-order valence-electron chi connectivity index (χ2n) is 4.67. The van der Waals surface area contributed by atoms with Crippen LogP contribution in [0.2, 0.25) is 0 Å². The number of carbonyl (C=O) groups is 1. The van der Waals surface area contributed by atoms with E-state index in [0.29, 0.717) is 12.0 Å². The van der Waals surface area contributed by atoms with Crippen LogP contribution in [0.3, 0.4) is 0 Å². The molecule has 0 saturated heterocycles. The third kappa shape index (κ3) is 2.18. The number of fused-ring (bicyclic) bond motifs is 1. The Morgan fingerprint density at radius 1 is 1.05 bits per heavy atom. The molecule has 0 aliphatic heterocycles. The first-order chi connectivity index (χ1) is 9.79. The Bertz CT molecular complexity index is 674. The number of nitrogens with one attached hydrogen (secondary N) is 1. The van der Waals surface area contributed by atoms with E-state index in [1.165, 1.54) is 7.11 Å². The molecule has 0 radical (unpaired) electrons. The summed E-state index contributed by atoms with van der Waals surface area (Å²) in [7, 11) is 1.42. The Kier molecular flexibility index (Phi) is 3.25. The molecule has 3 rings (SSSR count). The van der Waals surface area contributed by atoms with E-state index in [-0.39, 0.29) is 5.97 Å². The summed E-state index contributed by atoms with van der Waals surface area (Å²) in [6.45, 7) is 0. The molecule has 1 N–H and O–H groups in total. The monoisotopic (exact) mass is 265 g/mol. The molecule has 100 valence electrons. The number of methoxy groups -OCH3 is 1. The minimum atomic E-state index is -0.278. The normalized spacial score (nSPS) is 13.1. The highest BCUT2D eigenvalue weighted by Crippen LogP contribution is 2.33. The van der Waals surface area contributed by atoms with E-state index in [9.17, 15) is 4.79 Å². The van der Waals surface area contributed by atoms with Gasteiger partial charge in [0.25, 0.3) is 0 Å². The molecule has 0 atom stereocenters. The van der Waals surface area contributed by atoms with Gasteiger partial charge in [-0.25, -0.2) is 4.79 Å². The number of anilines is 1. The van der Waals surface area contributed by atoms with Crippen molar-refractivity contribution in [3.63, 3.8) is 0 Å². The summed E-state index contributed by atoms with van der Waals surface area (Å²) in [6.07, 6.45) is 0.609. The molecular formula is C17H15NO2. The van der Waals surface area contributed by atoms with Crippen LogP contribution in [-0.2, 0) is 16.0 Å². The van der Waals surface area contributed by atoms with Crippen molar-refractivity contribution in [2.24, 2.45) is 0 Å². The highest BCUT2D eigenvalue weighted by molar-refractivity contribution is 6.03. The summed E-state index contributed by atoms with van der Waals surface area (Å²) < 4.78 is 4.90. The highest BCUT2D eigenvalue weighted by atomic mass is 16.5. The van der Waals surface area contributed by atoms with Gasteiger partial charge in [0, 0.05) is 17.7 Å². The molecule has 0 fully saturated rings. The van der Waals surface area contributed by atoms with Gasteiger partial charge in [0.15, 0.2) is 0 Å². The van der Waals surface area contributed by atoms with Gasteiger partial charge in [-0.1, -0.05) is 42.5 Å². The minimum Gasteiger partial charge on any atom is -0.466 e. The number of hydrogen-bond acceptors (Lipinski definition) is 3. The van der Waals surface area contributed by atoms with Crippen LogP contribution in [0, 0.1) is 0 Å². The van der Waals surface area contributed by atoms with E-state index in [0.717, 1.165) is 22.5 Å². The van der Waals surface area contributed by atoms with Gasteiger partial charge in [-0.3, -0.25) is 0 Å². The second-order valence-corrected chi connectivity index (χ2v) is 4.67. The summed E-state index contributed by atoms with van der Waals surface area (Å²) in [5, 5.41) is 3.34. The summed E-state index contributed by atoms with van der Waals surface area (Å²) in [5.41, 5.74) is 4.69. The van der Waals surface area contributed by atoms with Gasteiger partial charge in [-0.05, 0) is 17.7 Å². The third-order valence-electron chi connectivity index (χ3n) is 3.43. The Labute approximate surface area is 117 Å². The van der Waals surface area contributed by atoms with Crippen molar-refractivity contribution in [3.8, 4) is 0 Å². The lowest BCUT2D eigenvalue weighted by Gasteiger charge is -2.11. The maximum absolute atomic E-state index is 12.0. The molecular weight excluding hydrogens is 250 g/mol. The lowest BCUT2D eigenvalue weighted by atomic mass is 10.1. The summed E-state index contributed by atoms with van der Waals surface area (Å²) in [5.74, 6) is -0.278. The first kappa shape index (κ1) is 12.5. The van der Waals surface area contributed by atoms with Crippen LogP contribution < -0.4 is 5.32 Å². The average molecular weight is 265 g/mol. The summed E-state index contributed by atoms with van der Waals surface area (Å²) in [4.78, 5) is 12.0. The van der Waals surface area contributed by atoms with Crippen molar-refractivity contribution in [1.82, 2.24) is 0 Å². The fraction of sp³-hybridized carbons (Fsp3) is 0.118. The number of hydrogen-bond donors (Lipinski definition) is 1. The standard InChI is InChI=1S/C17H15NO2/c1-20-17(19)15-11-12-7-5-6-10-14(12)16(15)18-13-8-3-2-4-9-13/h2-10,18H,11H2,1H3. The van der Waals surface area contributed by atoms with Crippen molar-refractivity contribution in [1.29, 1.82) is 0 Å². The molecule has 0 spiro atoms. The van der Waals surface area contributed by atoms with Crippen molar-refractivity contribution < 1.29 is 9.53 Å². The number of carbonyl (C=O) groups excluding carboxylic acids is 1. The van der Waals surface area contributed by atoms with Crippen LogP contribution in [0.25, 0.3) is 5.70 Å². The first-order valence-electron chi connectivity index (χ1n) is 6.51. The van der Waals surface area contributed by atoms with Crippen LogP contribution in [0.15, 0.2) is 60.2 Å². The number of para-hydroxylation sites is 1. The van der Waals surface area contributed by atoms with E-state index in [4.69, 9.17) is 4.74 Å². The number of esters is 1. The van der Waals surface area contributed by atoms with Crippen molar-refractivity contribution in [3.05, 3.63) is 71.3 Å². The maximum atomic E-state index is 12.0. The van der Waals surface area contributed by atoms with Gasteiger partial charge in [-0.15, -0.1) is 0 Å². The highest BCUT2D eigenvalue weighted by Gasteiger charge is 2.26. The quantitative estimate of drug-likeness (QED) is 0.866. The lowest BCUT2D eigenvalue weighted by molar-refractivity contribution is -0.136. The molecule has 0 bridgehead atoms. The van der Waals surface area contributed by atoms with Crippen LogP contribution in [-0.4, -0.2) is 13.1 Å². The van der Waals surface area contributed by atoms with Gasteiger partial charge in [0.05, 0.1) is 18.4 Å². The lowest BCUT2D eigenvalue weighted by Crippen LogP contribution is -2.09. The Balaban J connectivity index is 2.03. The molecule has 0 aromatic heterocycles. The van der Waals surface area contributed by atoms with Crippen molar-refractivity contribution in [2.75, 3.05) is 12.4 Å². The van der Waals surface area contributed by atoms with Crippen LogP contribution >= 0.6 is 0 Å². The van der Waals surface area contributed by atoms with E-state index in [2.05, 4.69) is 5.32 Å². The van der Waals surface area contributed by atoms with Gasteiger partial charge in [0.1, 0.15) is 0 Å². The zero-order valence-electron chi connectivity index (χ0n) is 11.2. The molecule has 0 saturated carbocycles. The molecule has 3 nitrogen and oxygen atoms in total. The fourth-order valence-electron chi connectivity index (χ4n) is 2.47. The molecule has 2 aromatic rings. The van der Waals surface area contributed by atoms with Gasteiger partial charge < -0.3 is 10.1 Å². The van der Waals surface area contributed by atoms with Crippen LogP contribution in [0.5, 0.6) is 0 Å². The zero-order chi connectivity index (χ0) is 13.9. The SMILES string of the molecule is COC(=O)C1=C(Nc2ccccc2)c2ccccc2C1. The molecule has 1 aliphatic carbocycles. The van der Waals surface area contributed by atoms with E-state index < -0.39 is 0 Å². The molecule has 0 unspecified atom stereocenters. The summed E-state index contributed by atoms with van der Waals surface area (Å²) in [6, 6.07) is 17.9. The zero-order valence-corrected chi connectivity index (χ0v) is 11.2. The maximum Gasteiger partial charge on any atom is 0.336 e. The van der Waals surface area contributed by atoms with E-state index in [1.54, 1.807) is 0 Å². The summed E-state index contributed by atoms with van der Waals surface area (Å²) >= 11 is 0. The topological polar surface area (TPSA) is 38.3 Å². The van der Waals surface area contributed by atoms with Gasteiger partial charge in [-0.2, -0.15) is 0 Å². The van der Waals surface area contributed by atoms with Crippen LogP contribution in [0.1, 0.15) is 11.1 Å². The fourth-order valence-corrected chi connectivity index (χ4v) is 2.47. The molecule has 1 aliphatic rings. The predicted octanol–water partition coefficient (Wildman–Crippen LogP) is 3.24. The Morgan fingerprint density at radius 2 is 1.75 bits per heavy atom. The van der Waals surface area contributed by atoms with Gasteiger partial charge in [0.2, 0.25) is 0 Å². The number of benzene rings is 2. The number of ether oxygens (including phenoxy) is 1. The smallest absolute Gasteiger partial charge is 0.336 e. The predicted molar refractivity (Wildman–Crippen MR) is 79.1 cm³/mol.